The summed E-state index contributed by atoms with van der Waals surface area (Å²) in [6.07, 6.45) is 0. The van der Waals surface area contributed by atoms with E-state index in [0.29, 0.717) is 3.57 Å². The van der Waals surface area contributed by atoms with Gasteiger partial charge < -0.3 is 0 Å². The molecule has 1 rings (SSSR count). The predicted octanol–water partition coefficient (Wildman–Crippen LogP) is 0.689. The van der Waals surface area contributed by atoms with Crippen molar-refractivity contribution in [1.82, 2.24) is 0 Å². The van der Waals surface area contributed by atoms with E-state index in [0.717, 1.165) is 5.46 Å². The Bertz CT molecular complexity index is 224. The second-order valence-corrected chi connectivity index (χ2v) is 3.08. The maximum atomic E-state index is 12.5. The fourth-order valence-electron chi connectivity index (χ4n) is 0.601. The van der Waals surface area contributed by atoms with Crippen molar-refractivity contribution >= 4 is 35.9 Å². The summed E-state index contributed by atoms with van der Waals surface area (Å²) in [7, 11) is 1.95. The molecule has 0 atom stereocenters. The van der Waals surface area contributed by atoms with E-state index in [-0.39, 0.29) is 5.82 Å². The molecule has 1 aromatic carbocycles. The summed E-state index contributed by atoms with van der Waals surface area (Å²) in [5, 5.41) is 0. The number of hydrogen-bond donors (Lipinski definition) is 0. The van der Waals surface area contributed by atoms with Crippen LogP contribution in [0.3, 0.4) is 0 Å². The average molecular weight is 234 g/mol. The minimum Gasteiger partial charge on any atom is -0.206 e. The van der Waals surface area contributed by atoms with Crippen LogP contribution < -0.4 is 5.46 Å². The third-order valence-corrected chi connectivity index (χ3v) is 1.90. The molecule has 0 spiro atoms. The lowest BCUT2D eigenvalue weighted by molar-refractivity contribution is 0.621. The maximum Gasteiger partial charge on any atom is 0.139 e. The predicted molar refractivity (Wildman–Crippen MR) is 47.3 cm³/mol. The lowest BCUT2D eigenvalue weighted by atomic mass is 9.97. The van der Waals surface area contributed by atoms with Gasteiger partial charge in [0, 0.05) is 3.57 Å². The quantitative estimate of drug-likeness (QED) is 0.457. The minimum atomic E-state index is -0.138. The van der Waals surface area contributed by atoms with Crippen molar-refractivity contribution in [1.29, 1.82) is 0 Å². The van der Waals surface area contributed by atoms with Crippen molar-refractivity contribution in [2.45, 2.75) is 0 Å². The topological polar surface area (TPSA) is 0 Å². The summed E-state index contributed by atoms with van der Waals surface area (Å²) >= 11 is 1.97. The Labute approximate surface area is 68.0 Å². The molecule has 0 fully saturated rings. The first-order chi connectivity index (χ1) is 4.20. The van der Waals surface area contributed by atoms with Crippen LogP contribution in [0.25, 0.3) is 0 Å². The standard InChI is InChI=1S/C6H5BFI/c7-4-1-2-5(8)6(9)3-4/h1-3H,7H2. The highest BCUT2D eigenvalue weighted by Gasteiger charge is 1.94. The Balaban J connectivity index is 3.17. The summed E-state index contributed by atoms with van der Waals surface area (Å²) in [5.41, 5.74) is 1.10. The van der Waals surface area contributed by atoms with E-state index in [9.17, 15) is 4.39 Å². The molecule has 46 valence electrons. The summed E-state index contributed by atoms with van der Waals surface area (Å²) < 4.78 is 13.2. The molecule has 0 unspecified atom stereocenters. The van der Waals surface area contributed by atoms with E-state index in [1.165, 1.54) is 6.07 Å². The van der Waals surface area contributed by atoms with Gasteiger partial charge in [-0.15, -0.1) is 0 Å². The molecule has 0 saturated carbocycles. The molecule has 0 aliphatic rings. The maximum absolute atomic E-state index is 12.5. The zero-order valence-corrected chi connectivity index (χ0v) is 7.15. The van der Waals surface area contributed by atoms with Crippen LogP contribution in [0.15, 0.2) is 18.2 Å². The Hall–Kier alpha value is -0.0551. The Kier molecular flexibility index (Phi) is 2.11. The van der Waals surface area contributed by atoms with Gasteiger partial charge in [-0.25, -0.2) is 4.39 Å². The lowest BCUT2D eigenvalue weighted by Crippen LogP contribution is -2.02. The monoisotopic (exact) mass is 234 g/mol. The van der Waals surface area contributed by atoms with Gasteiger partial charge in [-0.2, -0.15) is 0 Å². The van der Waals surface area contributed by atoms with Crippen molar-refractivity contribution in [3.63, 3.8) is 0 Å². The molecule has 9 heavy (non-hydrogen) atoms. The van der Waals surface area contributed by atoms with Crippen molar-refractivity contribution in [3.05, 3.63) is 27.6 Å². The molecular weight excluding hydrogens is 229 g/mol. The van der Waals surface area contributed by atoms with Crippen molar-refractivity contribution in [2.75, 3.05) is 0 Å². The molecule has 0 radical (unpaired) electrons. The van der Waals surface area contributed by atoms with Gasteiger partial charge in [0.05, 0.1) is 0 Å². The molecular formula is C6H5BFI. The molecule has 0 amide bonds. The smallest absolute Gasteiger partial charge is 0.139 e. The van der Waals surface area contributed by atoms with Crippen LogP contribution in [0.5, 0.6) is 0 Å². The first kappa shape index (κ1) is 7.06. The van der Waals surface area contributed by atoms with Crippen LogP contribution in [0.4, 0.5) is 4.39 Å². The Morgan fingerprint density at radius 1 is 1.44 bits per heavy atom. The molecule has 3 heteroatoms. The van der Waals surface area contributed by atoms with Crippen LogP contribution in [-0.4, -0.2) is 7.85 Å². The first-order valence-corrected chi connectivity index (χ1v) is 3.69. The van der Waals surface area contributed by atoms with Crippen LogP contribution in [0.1, 0.15) is 0 Å². The van der Waals surface area contributed by atoms with E-state index in [4.69, 9.17) is 0 Å². The zero-order chi connectivity index (χ0) is 6.85. The van der Waals surface area contributed by atoms with Gasteiger partial charge in [-0.1, -0.05) is 17.6 Å². The van der Waals surface area contributed by atoms with E-state index in [1.54, 1.807) is 6.07 Å². The molecule has 0 heterocycles. The van der Waals surface area contributed by atoms with E-state index >= 15 is 0 Å². The molecule has 0 nitrogen and oxygen atoms in total. The number of rotatable bonds is 0. The SMILES string of the molecule is Bc1ccc(F)c(I)c1. The van der Waals surface area contributed by atoms with Crippen molar-refractivity contribution < 1.29 is 4.39 Å². The summed E-state index contributed by atoms with van der Waals surface area (Å²) in [6.45, 7) is 0. The third-order valence-electron chi connectivity index (χ3n) is 1.08. The minimum absolute atomic E-state index is 0.138. The molecule has 0 bridgehead atoms. The number of halogens is 2. The molecule has 0 aromatic heterocycles. The van der Waals surface area contributed by atoms with Crippen LogP contribution in [0, 0.1) is 9.39 Å². The number of hydrogen-bond acceptors (Lipinski definition) is 0. The summed E-state index contributed by atoms with van der Waals surface area (Å²) in [5.74, 6) is -0.138. The van der Waals surface area contributed by atoms with Crippen molar-refractivity contribution in [2.24, 2.45) is 0 Å². The number of benzene rings is 1. The zero-order valence-electron chi connectivity index (χ0n) is 4.99. The van der Waals surface area contributed by atoms with Crippen LogP contribution in [0.2, 0.25) is 0 Å². The van der Waals surface area contributed by atoms with Gasteiger partial charge >= 0.3 is 0 Å². The van der Waals surface area contributed by atoms with Crippen LogP contribution in [-0.2, 0) is 0 Å². The highest BCUT2D eigenvalue weighted by molar-refractivity contribution is 14.1. The Morgan fingerprint density at radius 3 is 2.56 bits per heavy atom. The second kappa shape index (κ2) is 2.69. The van der Waals surface area contributed by atoms with Crippen molar-refractivity contribution in [3.8, 4) is 0 Å². The third kappa shape index (κ3) is 1.68. The largest absolute Gasteiger partial charge is 0.206 e. The van der Waals surface area contributed by atoms with Gasteiger partial charge in [0.1, 0.15) is 13.7 Å². The Morgan fingerprint density at radius 2 is 2.11 bits per heavy atom. The first-order valence-electron chi connectivity index (χ1n) is 2.62. The molecule has 0 N–H and O–H groups in total. The molecule has 1 aromatic rings. The van der Waals surface area contributed by atoms with Crippen LogP contribution >= 0.6 is 22.6 Å². The fraction of sp³-hybridized carbons (Fsp3) is 0. The second-order valence-electron chi connectivity index (χ2n) is 1.92. The van der Waals surface area contributed by atoms with Gasteiger partial charge in [-0.05, 0) is 28.7 Å². The van der Waals surface area contributed by atoms with E-state index in [1.807, 2.05) is 36.5 Å². The lowest BCUT2D eigenvalue weighted by Gasteiger charge is -1.93. The van der Waals surface area contributed by atoms with E-state index < -0.39 is 0 Å². The summed E-state index contributed by atoms with van der Waals surface area (Å²) in [6, 6.07) is 5.06. The molecule has 0 aliphatic heterocycles. The van der Waals surface area contributed by atoms with E-state index in [2.05, 4.69) is 0 Å². The fourth-order valence-corrected chi connectivity index (χ4v) is 1.27. The van der Waals surface area contributed by atoms with Gasteiger partial charge in [0.2, 0.25) is 0 Å². The van der Waals surface area contributed by atoms with Gasteiger partial charge in [0.15, 0.2) is 0 Å². The normalized spacial score (nSPS) is 9.56. The summed E-state index contributed by atoms with van der Waals surface area (Å²) in [4.78, 5) is 0. The highest BCUT2D eigenvalue weighted by Crippen LogP contribution is 2.06. The molecule has 0 aliphatic carbocycles. The average Bonchev–Trinajstić information content (AvgIpc) is 1.80. The molecule has 0 saturated heterocycles. The van der Waals surface area contributed by atoms with Gasteiger partial charge in [0.25, 0.3) is 0 Å². The highest BCUT2D eigenvalue weighted by atomic mass is 127. The van der Waals surface area contributed by atoms with Gasteiger partial charge in [-0.3, -0.25) is 0 Å².